The summed E-state index contributed by atoms with van der Waals surface area (Å²) >= 11 is 0. The predicted molar refractivity (Wildman–Crippen MR) is 104 cm³/mol. The highest BCUT2D eigenvalue weighted by atomic mass is 16.5. The van der Waals surface area contributed by atoms with Gasteiger partial charge in [0.05, 0.1) is 7.11 Å². The van der Waals surface area contributed by atoms with Gasteiger partial charge in [-0.2, -0.15) is 0 Å². The van der Waals surface area contributed by atoms with Crippen LogP contribution in [0.1, 0.15) is 42.7 Å². The average molecular weight is 356 g/mol. The first-order valence-corrected chi connectivity index (χ1v) is 9.17. The van der Waals surface area contributed by atoms with Crippen molar-refractivity contribution in [2.45, 2.75) is 33.1 Å². The van der Waals surface area contributed by atoms with Crippen molar-refractivity contribution < 1.29 is 9.53 Å². The molecule has 1 amide bonds. The molecule has 0 bridgehead atoms. The van der Waals surface area contributed by atoms with Gasteiger partial charge in [-0.3, -0.25) is 4.79 Å². The van der Waals surface area contributed by atoms with E-state index in [9.17, 15) is 4.79 Å². The number of nitrogens with zero attached hydrogens (tertiary/aromatic N) is 3. The van der Waals surface area contributed by atoms with E-state index in [0.29, 0.717) is 18.2 Å². The molecule has 0 spiro atoms. The Morgan fingerprint density at radius 3 is 2.58 bits per heavy atom. The van der Waals surface area contributed by atoms with Gasteiger partial charge in [0.1, 0.15) is 11.4 Å². The van der Waals surface area contributed by atoms with Crippen LogP contribution in [0.25, 0.3) is 0 Å². The van der Waals surface area contributed by atoms with Crippen molar-refractivity contribution in [3.8, 4) is 5.75 Å². The third kappa shape index (κ3) is 5.44. The fourth-order valence-corrected chi connectivity index (χ4v) is 2.80. The van der Waals surface area contributed by atoms with Gasteiger partial charge in [0, 0.05) is 25.8 Å². The minimum absolute atomic E-state index is 0.0381. The zero-order chi connectivity index (χ0) is 18.8. The summed E-state index contributed by atoms with van der Waals surface area (Å²) in [6, 6.07) is 9.60. The van der Waals surface area contributed by atoms with Gasteiger partial charge in [0.25, 0.3) is 5.91 Å². The van der Waals surface area contributed by atoms with Crippen LogP contribution in [0.2, 0.25) is 0 Å². The van der Waals surface area contributed by atoms with E-state index in [1.807, 2.05) is 29.2 Å². The molecule has 0 atom stereocenters. The van der Waals surface area contributed by atoms with Gasteiger partial charge in [-0.15, -0.1) is 0 Å². The van der Waals surface area contributed by atoms with Crippen molar-refractivity contribution in [2.24, 2.45) is 0 Å². The van der Waals surface area contributed by atoms with E-state index < -0.39 is 0 Å². The zero-order valence-corrected chi connectivity index (χ0v) is 15.9. The molecule has 0 fully saturated rings. The lowest BCUT2D eigenvalue weighted by atomic mass is 10.1. The second kappa shape index (κ2) is 10.4. The van der Waals surface area contributed by atoms with Crippen LogP contribution in [0, 0.1) is 0 Å². The highest BCUT2D eigenvalue weighted by Crippen LogP contribution is 2.17. The second-order valence-electron chi connectivity index (χ2n) is 6.05. The number of benzene rings is 1. The number of hydrogen-bond donors (Lipinski definition) is 1. The summed E-state index contributed by atoms with van der Waals surface area (Å²) in [7, 11) is 1.67. The Morgan fingerprint density at radius 2 is 1.88 bits per heavy atom. The second-order valence-corrected chi connectivity index (χ2v) is 6.05. The molecule has 0 aliphatic rings. The fourth-order valence-electron chi connectivity index (χ4n) is 2.80. The Kier molecular flexibility index (Phi) is 7.86. The van der Waals surface area contributed by atoms with Crippen LogP contribution < -0.4 is 10.1 Å². The minimum atomic E-state index is -0.0381. The van der Waals surface area contributed by atoms with E-state index in [1.165, 1.54) is 0 Å². The molecule has 6 heteroatoms. The molecule has 1 aromatic heterocycles. The Bertz CT molecular complexity index is 700. The summed E-state index contributed by atoms with van der Waals surface area (Å²) in [5.74, 6) is 1.30. The summed E-state index contributed by atoms with van der Waals surface area (Å²) in [5, 5.41) is 3.19. The predicted octanol–water partition coefficient (Wildman–Crippen LogP) is 3.40. The molecular formula is C20H28N4O2. The van der Waals surface area contributed by atoms with Crippen molar-refractivity contribution in [2.75, 3.05) is 32.1 Å². The Hall–Kier alpha value is -2.63. The highest BCUT2D eigenvalue weighted by Gasteiger charge is 2.16. The van der Waals surface area contributed by atoms with Crippen molar-refractivity contribution >= 4 is 11.9 Å². The number of carbonyl (C=O) groups is 1. The summed E-state index contributed by atoms with van der Waals surface area (Å²) in [6.45, 7) is 6.29. The molecule has 0 radical (unpaired) electrons. The first kappa shape index (κ1) is 19.7. The van der Waals surface area contributed by atoms with Crippen molar-refractivity contribution in [1.82, 2.24) is 14.9 Å². The van der Waals surface area contributed by atoms with E-state index in [1.54, 1.807) is 19.4 Å². The molecule has 0 aliphatic carbocycles. The van der Waals surface area contributed by atoms with Crippen LogP contribution in [0.5, 0.6) is 5.75 Å². The van der Waals surface area contributed by atoms with Crippen LogP contribution in [0.15, 0.2) is 36.5 Å². The lowest BCUT2D eigenvalue weighted by Crippen LogP contribution is -2.33. The first-order chi connectivity index (χ1) is 12.7. The molecule has 140 valence electrons. The lowest BCUT2D eigenvalue weighted by molar-refractivity contribution is 0.0749. The number of carbonyl (C=O) groups excluding carboxylic acids is 1. The number of methoxy groups -OCH3 is 1. The number of para-hydroxylation sites is 1. The SMILES string of the molecule is CCCN(CCC)C(=O)c1ccnc(NCCc2ccccc2OC)n1. The maximum atomic E-state index is 12.6. The average Bonchev–Trinajstić information content (AvgIpc) is 2.68. The topological polar surface area (TPSA) is 67.4 Å². The number of anilines is 1. The summed E-state index contributed by atoms with van der Waals surface area (Å²) in [6.07, 6.45) is 4.27. The molecule has 0 saturated carbocycles. The molecule has 2 aromatic rings. The monoisotopic (exact) mass is 356 g/mol. The third-order valence-corrected chi connectivity index (χ3v) is 4.02. The van der Waals surface area contributed by atoms with Crippen LogP contribution in [-0.4, -0.2) is 47.5 Å². The normalized spacial score (nSPS) is 10.4. The van der Waals surface area contributed by atoms with E-state index in [0.717, 1.165) is 43.7 Å². The van der Waals surface area contributed by atoms with Crippen molar-refractivity contribution in [3.05, 3.63) is 47.8 Å². The molecule has 1 N–H and O–H groups in total. The first-order valence-electron chi connectivity index (χ1n) is 9.17. The molecule has 0 aliphatic heterocycles. The minimum Gasteiger partial charge on any atom is -0.496 e. The number of rotatable bonds is 10. The number of hydrogen-bond acceptors (Lipinski definition) is 5. The standard InChI is InChI=1S/C20H28N4O2/c1-4-14-24(15-5-2)19(25)17-11-13-22-20(23-17)21-12-10-16-8-6-7-9-18(16)26-3/h6-9,11,13H,4-5,10,12,14-15H2,1-3H3,(H,21,22,23). The maximum absolute atomic E-state index is 12.6. The number of nitrogens with one attached hydrogen (secondary N) is 1. The molecule has 26 heavy (non-hydrogen) atoms. The fraction of sp³-hybridized carbons (Fsp3) is 0.450. The number of ether oxygens (including phenoxy) is 1. The van der Waals surface area contributed by atoms with Crippen molar-refractivity contribution in [1.29, 1.82) is 0 Å². The van der Waals surface area contributed by atoms with Crippen LogP contribution in [-0.2, 0) is 6.42 Å². The highest BCUT2D eigenvalue weighted by molar-refractivity contribution is 5.92. The van der Waals surface area contributed by atoms with Gasteiger partial charge in [-0.25, -0.2) is 9.97 Å². The third-order valence-electron chi connectivity index (χ3n) is 4.02. The van der Waals surface area contributed by atoms with E-state index in [2.05, 4.69) is 29.1 Å². The number of amides is 1. The van der Waals surface area contributed by atoms with Crippen LogP contribution in [0.4, 0.5) is 5.95 Å². The van der Waals surface area contributed by atoms with E-state index in [4.69, 9.17) is 4.74 Å². The lowest BCUT2D eigenvalue weighted by Gasteiger charge is -2.21. The van der Waals surface area contributed by atoms with Gasteiger partial charge < -0.3 is 15.0 Å². The van der Waals surface area contributed by atoms with E-state index >= 15 is 0 Å². The quantitative estimate of drug-likeness (QED) is 0.707. The van der Waals surface area contributed by atoms with Gasteiger partial charge in [-0.1, -0.05) is 32.0 Å². The summed E-state index contributed by atoms with van der Waals surface area (Å²) < 4.78 is 5.36. The molecule has 0 unspecified atom stereocenters. The Morgan fingerprint density at radius 1 is 1.15 bits per heavy atom. The maximum Gasteiger partial charge on any atom is 0.272 e. The molecular weight excluding hydrogens is 328 g/mol. The molecule has 1 heterocycles. The summed E-state index contributed by atoms with van der Waals surface area (Å²) in [5.41, 5.74) is 1.55. The smallest absolute Gasteiger partial charge is 0.272 e. The van der Waals surface area contributed by atoms with Gasteiger partial charge in [0.15, 0.2) is 0 Å². The largest absolute Gasteiger partial charge is 0.496 e. The molecule has 1 aromatic carbocycles. The van der Waals surface area contributed by atoms with E-state index in [-0.39, 0.29) is 5.91 Å². The van der Waals surface area contributed by atoms with Crippen molar-refractivity contribution in [3.63, 3.8) is 0 Å². The van der Waals surface area contributed by atoms with Gasteiger partial charge in [-0.05, 0) is 37.0 Å². The van der Waals surface area contributed by atoms with Crippen LogP contribution in [0.3, 0.4) is 0 Å². The molecule has 0 saturated heterocycles. The Balaban J connectivity index is 1.99. The zero-order valence-electron chi connectivity index (χ0n) is 15.9. The number of aromatic nitrogens is 2. The molecule has 2 rings (SSSR count). The summed E-state index contributed by atoms with van der Waals surface area (Å²) in [4.78, 5) is 23.1. The molecule has 6 nitrogen and oxygen atoms in total. The Labute approximate surface area is 155 Å². The van der Waals surface area contributed by atoms with Gasteiger partial charge >= 0.3 is 0 Å². The van der Waals surface area contributed by atoms with Gasteiger partial charge in [0.2, 0.25) is 5.95 Å². The van der Waals surface area contributed by atoms with Crippen LogP contribution >= 0.6 is 0 Å².